The van der Waals surface area contributed by atoms with Gasteiger partial charge in [0.2, 0.25) is 17.7 Å². The number of carbonyl (C=O) groups is 2. The van der Waals surface area contributed by atoms with Gasteiger partial charge in [-0.05, 0) is 80.8 Å². The van der Waals surface area contributed by atoms with E-state index in [0.717, 1.165) is 97.0 Å². The van der Waals surface area contributed by atoms with Gasteiger partial charge in [-0.25, -0.2) is 14.5 Å². The van der Waals surface area contributed by atoms with Gasteiger partial charge >= 0.3 is 6.03 Å². The summed E-state index contributed by atoms with van der Waals surface area (Å²) in [6.45, 7) is 10.8. The van der Waals surface area contributed by atoms with Crippen LogP contribution in [0, 0.1) is 0 Å². The van der Waals surface area contributed by atoms with Gasteiger partial charge in [0.05, 0.1) is 35.7 Å². The molecule has 2 aliphatic heterocycles. The summed E-state index contributed by atoms with van der Waals surface area (Å²) in [5, 5.41) is 18.6. The summed E-state index contributed by atoms with van der Waals surface area (Å²) < 4.78 is 19.5. The molecule has 0 saturated carbocycles. The van der Waals surface area contributed by atoms with E-state index in [1.807, 2.05) is 86.6 Å². The second kappa shape index (κ2) is 16.9. The van der Waals surface area contributed by atoms with E-state index in [-0.39, 0.29) is 5.91 Å². The average molecular weight is 782 g/mol. The molecule has 58 heavy (non-hydrogen) atoms. The van der Waals surface area contributed by atoms with Crippen molar-refractivity contribution in [3.05, 3.63) is 108 Å². The maximum atomic E-state index is 13.6. The highest BCUT2D eigenvalue weighted by molar-refractivity contribution is 6.08. The molecule has 4 N–H and O–H groups in total. The van der Waals surface area contributed by atoms with Crippen molar-refractivity contribution in [1.29, 1.82) is 0 Å². The first-order valence-electron chi connectivity index (χ1n) is 19.7. The molecule has 0 bridgehead atoms. The second-order valence-corrected chi connectivity index (χ2v) is 14.9. The lowest BCUT2D eigenvalue weighted by Gasteiger charge is -2.26. The summed E-state index contributed by atoms with van der Waals surface area (Å²) >= 11 is 0. The van der Waals surface area contributed by atoms with E-state index >= 15 is 0 Å². The number of urea groups is 1. The van der Waals surface area contributed by atoms with Crippen LogP contribution in [0.15, 0.2) is 97.2 Å². The molecule has 0 radical (unpaired) electrons. The number of aromatic nitrogens is 4. The molecule has 0 aliphatic carbocycles. The third-order valence-corrected chi connectivity index (χ3v) is 10.4. The van der Waals surface area contributed by atoms with Gasteiger partial charge in [-0.1, -0.05) is 43.7 Å². The number of benzene rings is 4. The number of aryl methyl sites for hydroxylation is 1. The van der Waals surface area contributed by atoms with Gasteiger partial charge in [0, 0.05) is 60.1 Å². The predicted octanol–water partition coefficient (Wildman–Crippen LogP) is 8.28. The van der Waals surface area contributed by atoms with Crippen molar-refractivity contribution in [2.45, 2.75) is 45.4 Å². The monoisotopic (exact) mass is 781 g/mol. The Labute approximate surface area is 336 Å². The maximum Gasteiger partial charge on any atom is 0.324 e. The van der Waals surface area contributed by atoms with Crippen molar-refractivity contribution in [2.24, 2.45) is 0 Å². The van der Waals surface area contributed by atoms with E-state index in [1.54, 1.807) is 29.1 Å². The first kappa shape index (κ1) is 38.4. The molecule has 0 atom stereocenters. The first-order valence-corrected chi connectivity index (χ1v) is 19.7. The van der Waals surface area contributed by atoms with Gasteiger partial charge < -0.3 is 30.2 Å². The molecule has 2 aliphatic rings. The van der Waals surface area contributed by atoms with E-state index < -0.39 is 11.4 Å². The number of morpholine rings is 1. The highest BCUT2D eigenvalue weighted by atomic mass is 16.5. The Hall–Kier alpha value is -6.51. The zero-order chi connectivity index (χ0) is 40.1. The van der Waals surface area contributed by atoms with Crippen LogP contribution in [0.2, 0.25) is 0 Å². The number of hydrogen-bond donors (Lipinski definition) is 4. The summed E-state index contributed by atoms with van der Waals surface area (Å²) in [5.74, 6) is 2.51. The molecule has 1 fully saturated rings. The van der Waals surface area contributed by atoms with Gasteiger partial charge in [0.15, 0.2) is 0 Å². The van der Waals surface area contributed by atoms with Crippen LogP contribution in [0.3, 0.4) is 0 Å². The van der Waals surface area contributed by atoms with Crippen LogP contribution in [0.25, 0.3) is 16.5 Å². The minimum atomic E-state index is -0.592. The number of rotatable bonds is 14. The Balaban J connectivity index is 0.947. The molecular weight excluding hydrogens is 735 g/mol. The summed E-state index contributed by atoms with van der Waals surface area (Å²) in [4.78, 5) is 37.4. The zero-order valence-corrected chi connectivity index (χ0v) is 32.9. The normalized spacial score (nSPS) is 14.8. The second-order valence-electron chi connectivity index (χ2n) is 14.9. The maximum absolute atomic E-state index is 13.6. The van der Waals surface area contributed by atoms with E-state index in [9.17, 15) is 9.59 Å². The number of nitrogens with one attached hydrogen (secondary N) is 4. The standard InChI is InChI=1S/C44H47N9O5/c1-4-5-8-30-28-39(53(51-30)31-12-14-32(15-13-31)57-26-23-52-21-24-56-25-22-52)49-43(55)48-36-17-18-38(34-10-7-6-9-33(34)36)58-40-19-20-45-42(50-40)46-29-11-16-35-37(27-29)47-41(54)44(35,2)3/h6-7,9-20,27-28H,4-5,8,21-26H2,1-3H3,(H,47,54)(H,45,46,50)(H2,48,49,55). The number of carbonyl (C=O) groups excluding carboxylic acids is 2. The molecule has 2 aromatic heterocycles. The molecule has 0 unspecified atom stereocenters. The van der Waals surface area contributed by atoms with Crippen LogP contribution >= 0.6 is 0 Å². The third-order valence-electron chi connectivity index (χ3n) is 10.4. The molecule has 6 aromatic rings. The van der Waals surface area contributed by atoms with Gasteiger partial charge in [0.1, 0.15) is 23.9 Å². The topological polar surface area (TPSA) is 157 Å². The summed E-state index contributed by atoms with van der Waals surface area (Å²) in [7, 11) is 0. The van der Waals surface area contributed by atoms with Gasteiger partial charge in [0.25, 0.3) is 0 Å². The molecule has 14 nitrogen and oxygen atoms in total. The van der Waals surface area contributed by atoms with Crippen LogP contribution in [0.1, 0.15) is 44.9 Å². The average Bonchev–Trinajstić information content (AvgIpc) is 3.73. The van der Waals surface area contributed by atoms with E-state index in [0.29, 0.717) is 35.7 Å². The Morgan fingerprint density at radius 2 is 1.76 bits per heavy atom. The largest absolute Gasteiger partial charge is 0.492 e. The van der Waals surface area contributed by atoms with Crippen LogP contribution in [-0.4, -0.2) is 76.0 Å². The van der Waals surface area contributed by atoms with Gasteiger partial charge in [-0.3, -0.25) is 15.0 Å². The predicted molar refractivity (Wildman–Crippen MR) is 225 cm³/mol. The fourth-order valence-corrected chi connectivity index (χ4v) is 7.11. The lowest BCUT2D eigenvalue weighted by atomic mass is 9.86. The molecule has 8 rings (SSSR count). The summed E-state index contributed by atoms with van der Waals surface area (Å²) in [5.41, 5.74) is 4.13. The number of unbranched alkanes of at least 4 members (excludes halogenated alkanes) is 1. The number of hydrogen-bond acceptors (Lipinski definition) is 10. The Kier molecular flexibility index (Phi) is 11.2. The van der Waals surface area contributed by atoms with Crippen molar-refractivity contribution >= 4 is 51.5 Å². The number of nitrogens with zero attached hydrogens (tertiary/aromatic N) is 5. The molecule has 14 heteroatoms. The van der Waals surface area contributed by atoms with Crippen molar-refractivity contribution in [3.8, 4) is 23.1 Å². The van der Waals surface area contributed by atoms with Gasteiger partial charge in [-0.2, -0.15) is 10.1 Å². The van der Waals surface area contributed by atoms with E-state index in [1.165, 1.54) is 0 Å². The zero-order valence-electron chi connectivity index (χ0n) is 32.9. The summed E-state index contributed by atoms with van der Waals surface area (Å²) in [6, 6.07) is 27.9. The fourth-order valence-electron chi connectivity index (χ4n) is 7.11. The van der Waals surface area contributed by atoms with Crippen LogP contribution in [0.4, 0.5) is 33.6 Å². The lowest BCUT2D eigenvalue weighted by molar-refractivity contribution is -0.119. The number of fused-ring (bicyclic) bond motifs is 2. The van der Waals surface area contributed by atoms with Crippen molar-refractivity contribution in [3.63, 3.8) is 0 Å². The van der Waals surface area contributed by atoms with Crippen LogP contribution in [-0.2, 0) is 21.4 Å². The molecule has 0 spiro atoms. The smallest absolute Gasteiger partial charge is 0.324 e. The molecule has 298 valence electrons. The minimum absolute atomic E-state index is 0.0386. The Morgan fingerprint density at radius 3 is 2.57 bits per heavy atom. The van der Waals surface area contributed by atoms with Crippen LogP contribution < -0.4 is 30.7 Å². The summed E-state index contributed by atoms with van der Waals surface area (Å²) in [6.07, 6.45) is 4.43. The van der Waals surface area contributed by atoms with E-state index in [4.69, 9.17) is 19.3 Å². The molecule has 3 amide bonds. The Morgan fingerprint density at radius 1 is 0.948 bits per heavy atom. The molecule has 4 aromatic carbocycles. The lowest BCUT2D eigenvalue weighted by Crippen LogP contribution is -2.38. The third kappa shape index (κ3) is 8.58. The highest BCUT2D eigenvalue weighted by Gasteiger charge is 2.38. The Bertz CT molecular complexity index is 2430. The fraction of sp³-hybridized carbons (Fsp3) is 0.295. The van der Waals surface area contributed by atoms with Crippen LogP contribution in [0.5, 0.6) is 17.4 Å². The van der Waals surface area contributed by atoms with Crippen molar-refractivity contribution < 1.29 is 23.8 Å². The number of anilines is 5. The highest BCUT2D eigenvalue weighted by Crippen LogP contribution is 2.39. The number of ether oxygens (including phenoxy) is 3. The van der Waals surface area contributed by atoms with Gasteiger partial charge in [-0.15, -0.1) is 0 Å². The van der Waals surface area contributed by atoms with Crippen molar-refractivity contribution in [2.75, 3.05) is 60.7 Å². The molecule has 4 heterocycles. The molecule has 1 saturated heterocycles. The molecular formula is C44H47N9O5. The van der Waals surface area contributed by atoms with Crippen molar-refractivity contribution in [1.82, 2.24) is 24.6 Å². The first-order chi connectivity index (χ1) is 28.2. The SMILES string of the molecule is CCCCc1cc(NC(=O)Nc2ccc(Oc3ccnc(Nc4ccc5c(c4)NC(=O)C5(C)C)n3)c3ccccc23)n(-c2ccc(OCCN3CCOCC3)cc2)n1. The number of amides is 3. The minimum Gasteiger partial charge on any atom is -0.492 e. The quantitative estimate of drug-likeness (QED) is 0.0848. The van der Waals surface area contributed by atoms with E-state index in [2.05, 4.69) is 43.1 Å².